The van der Waals surface area contributed by atoms with E-state index in [4.69, 9.17) is 0 Å². The molecule has 136 valence electrons. The molecule has 3 rings (SSSR count). The number of para-hydroxylation sites is 1. The molecule has 2 atom stereocenters. The molecule has 0 spiro atoms. The van der Waals surface area contributed by atoms with Gasteiger partial charge in [0, 0.05) is 24.7 Å². The van der Waals surface area contributed by atoms with Gasteiger partial charge in [-0.25, -0.2) is 4.79 Å². The number of nitrogens with one attached hydrogen (secondary N) is 2. The third-order valence-electron chi connectivity index (χ3n) is 4.61. The summed E-state index contributed by atoms with van der Waals surface area (Å²) < 4.78 is 0. The van der Waals surface area contributed by atoms with E-state index < -0.39 is 0 Å². The number of nitrogens with zero attached hydrogens (tertiary/aromatic N) is 1. The molecule has 0 radical (unpaired) electrons. The molecule has 5 heteroatoms. The number of hydrogen-bond acceptors (Lipinski definition) is 2. The second-order valence-corrected chi connectivity index (χ2v) is 6.78. The van der Waals surface area contributed by atoms with Crippen LogP contribution in [0, 0.1) is 0 Å². The van der Waals surface area contributed by atoms with E-state index in [1.165, 1.54) is 5.56 Å². The van der Waals surface area contributed by atoms with Crippen LogP contribution in [-0.4, -0.2) is 30.6 Å². The van der Waals surface area contributed by atoms with Crippen molar-refractivity contribution in [3.8, 4) is 0 Å². The number of urea groups is 1. The number of carbonyl (C=O) groups is 2. The minimum atomic E-state index is -0.210. The van der Waals surface area contributed by atoms with Crippen molar-refractivity contribution in [2.24, 2.45) is 0 Å². The van der Waals surface area contributed by atoms with E-state index in [1.807, 2.05) is 55.5 Å². The molecule has 5 nitrogen and oxygen atoms in total. The summed E-state index contributed by atoms with van der Waals surface area (Å²) in [5.74, 6) is 0.0404. The molecule has 3 amide bonds. The van der Waals surface area contributed by atoms with Gasteiger partial charge in [0.05, 0.1) is 6.04 Å². The van der Waals surface area contributed by atoms with Crippen molar-refractivity contribution in [2.45, 2.75) is 38.3 Å². The molecule has 0 saturated carbocycles. The molecule has 1 saturated heterocycles. The van der Waals surface area contributed by atoms with Crippen LogP contribution in [0.1, 0.15) is 25.3 Å². The van der Waals surface area contributed by atoms with Crippen LogP contribution in [-0.2, 0) is 11.2 Å². The number of carbonyl (C=O) groups excluding carboxylic acids is 2. The third-order valence-corrected chi connectivity index (χ3v) is 4.61. The minimum absolute atomic E-state index is 0.0404. The van der Waals surface area contributed by atoms with E-state index in [0.29, 0.717) is 13.0 Å². The van der Waals surface area contributed by atoms with Gasteiger partial charge >= 0.3 is 6.03 Å². The second-order valence-electron chi connectivity index (χ2n) is 6.78. The van der Waals surface area contributed by atoms with Crippen LogP contribution in [0.25, 0.3) is 0 Å². The lowest BCUT2D eigenvalue weighted by atomic mass is 10.1. The Balaban J connectivity index is 1.44. The van der Waals surface area contributed by atoms with Gasteiger partial charge in [-0.3, -0.25) is 4.79 Å². The van der Waals surface area contributed by atoms with Gasteiger partial charge < -0.3 is 15.5 Å². The topological polar surface area (TPSA) is 61.4 Å². The normalized spacial score (nSPS) is 17.8. The van der Waals surface area contributed by atoms with Crippen molar-refractivity contribution in [1.29, 1.82) is 0 Å². The van der Waals surface area contributed by atoms with Crippen molar-refractivity contribution >= 4 is 17.6 Å². The Kier molecular flexibility index (Phi) is 5.89. The summed E-state index contributed by atoms with van der Waals surface area (Å²) >= 11 is 0. The van der Waals surface area contributed by atoms with E-state index >= 15 is 0 Å². The molecule has 0 bridgehead atoms. The average Bonchev–Trinajstić information content (AvgIpc) is 3.01. The fourth-order valence-corrected chi connectivity index (χ4v) is 3.21. The summed E-state index contributed by atoms with van der Waals surface area (Å²) in [6.45, 7) is 2.51. The smallest absolute Gasteiger partial charge is 0.315 e. The van der Waals surface area contributed by atoms with Gasteiger partial charge in [0.15, 0.2) is 0 Å². The SMILES string of the molecule is C[C@H](CCc1ccccc1)NC(=O)N[C@H]1CC(=O)N(c2ccccc2)C1. The fraction of sp³-hybridized carbons (Fsp3) is 0.333. The Bertz CT molecular complexity index is 733. The van der Waals surface area contributed by atoms with Crippen molar-refractivity contribution in [1.82, 2.24) is 10.6 Å². The van der Waals surface area contributed by atoms with E-state index in [2.05, 4.69) is 22.8 Å². The quantitative estimate of drug-likeness (QED) is 0.840. The molecule has 1 aliphatic heterocycles. The first-order valence-electron chi connectivity index (χ1n) is 9.08. The largest absolute Gasteiger partial charge is 0.336 e. The van der Waals surface area contributed by atoms with Crippen molar-refractivity contribution in [2.75, 3.05) is 11.4 Å². The van der Waals surface area contributed by atoms with Gasteiger partial charge in [0.1, 0.15) is 0 Å². The predicted molar refractivity (Wildman–Crippen MR) is 103 cm³/mol. The zero-order chi connectivity index (χ0) is 18.4. The summed E-state index contributed by atoms with van der Waals surface area (Å²) in [6.07, 6.45) is 2.13. The van der Waals surface area contributed by atoms with Crippen molar-refractivity contribution < 1.29 is 9.59 Å². The monoisotopic (exact) mass is 351 g/mol. The molecule has 2 aromatic rings. The summed E-state index contributed by atoms with van der Waals surface area (Å²) in [7, 11) is 0. The highest BCUT2D eigenvalue weighted by molar-refractivity contribution is 5.96. The highest BCUT2D eigenvalue weighted by Gasteiger charge is 2.31. The third kappa shape index (κ3) is 4.85. The van der Waals surface area contributed by atoms with Crippen LogP contribution in [0.15, 0.2) is 60.7 Å². The molecule has 26 heavy (non-hydrogen) atoms. The average molecular weight is 351 g/mol. The number of rotatable bonds is 6. The highest BCUT2D eigenvalue weighted by Crippen LogP contribution is 2.20. The molecule has 0 aliphatic carbocycles. The Labute approximate surface area is 154 Å². The summed E-state index contributed by atoms with van der Waals surface area (Å²) in [5.41, 5.74) is 2.14. The number of hydrogen-bond donors (Lipinski definition) is 2. The number of aryl methyl sites for hydroxylation is 1. The standard InChI is InChI=1S/C21H25N3O2/c1-16(12-13-17-8-4-2-5-9-17)22-21(26)23-18-14-20(25)24(15-18)19-10-6-3-7-11-19/h2-11,16,18H,12-15H2,1H3,(H2,22,23,26)/t16-,18+/m1/s1. The predicted octanol–water partition coefficient (Wildman–Crippen LogP) is 3.11. The molecule has 0 unspecified atom stereocenters. The van der Waals surface area contributed by atoms with E-state index in [1.54, 1.807) is 4.90 Å². The molecule has 0 aromatic heterocycles. The Morgan fingerprint density at radius 1 is 1.12 bits per heavy atom. The molecule has 1 fully saturated rings. The van der Waals surface area contributed by atoms with Crippen LogP contribution in [0.5, 0.6) is 0 Å². The second kappa shape index (κ2) is 8.52. The zero-order valence-electron chi connectivity index (χ0n) is 15.0. The summed E-state index contributed by atoms with van der Waals surface area (Å²) in [4.78, 5) is 26.1. The van der Waals surface area contributed by atoms with Gasteiger partial charge in [-0.15, -0.1) is 0 Å². The Morgan fingerprint density at radius 3 is 2.46 bits per heavy atom. The molecule has 1 aliphatic rings. The first-order valence-corrected chi connectivity index (χ1v) is 9.08. The Hall–Kier alpha value is -2.82. The zero-order valence-corrected chi connectivity index (χ0v) is 15.0. The lowest BCUT2D eigenvalue weighted by Crippen LogP contribution is -2.46. The maximum Gasteiger partial charge on any atom is 0.315 e. The highest BCUT2D eigenvalue weighted by atomic mass is 16.2. The van der Waals surface area contributed by atoms with Gasteiger partial charge in [-0.2, -0.15) is 0 Å². The molecule has 1 heterocycles. The maximum absolute atomic E-state index is 12.2. The van der Waals surface area contributed by atoms with Crippen molar-refractivity contribution in [3.05, 3.63) is 66.2 Å². The van der Waals surface area contributed by atoms with E-state index in [0.717, 1.165) is 18.5 Å². The number of amides is 3. The number of benzene rings is 2. The van der Waals surface area contributed by atoms with Crippen LogP contribution < -0.4 is 15.5 Å². The first-order chi connectivity index (χ1) is 12.6. The summed E-state index contributed by atoms with van der Waals surface area (Å²) in [6, 6.07) is 19.5. The lowest BCUT2D eigenvalue weighted by Gasteiger charge is -2.19. The first kappa shape index (κ1) is 18.0. The van der Waals surface area contributed by atoms with Crippen LogP contribution in [0.3, 0.4) is 0 Å². The van der Waals surface area contributed by atoms with Gasteiger partial charge in [0.2, 0.25) is 5.91 Å². The van der Waals surface area contributed by atoms with E-state index in [-0.39, 0.29) is 24.0 Å². The molecule has 2 aromatic carbocycles. The fourth-order valence-electron chi connectivity index (χ4n) is 3.21. The van der Waals surface area contributed by atoms with Gasteiger partial charge in [-0.1, -0.05) is 48.5 Å². The van der Waals surface area contributed by atoms with Gasteiger partial charge in [-0.05, 0) is 37.5 Å². The van der Waals surface area contributed by atoms with Gasteiger partial charge in [0.25, 0.3) is 0 Å². The minimum Gasteiger partial charge on any atom is -0.336 e. The van der Waals surface area contributed by atoms with Crippen LogP contribution >= 0.6 is 0 Å². The van der Waals surface area contributed by atoms with E-state index in [9.17, 15) is 9.59 Å². The summed E-state index contributed by atoms with van der Waals surface area (Å²) in [5, 5.41) is 5.89. The lowest BCUT2D eigenvalue weighted by molar-refractivity contribution is -0.117. The maximum atomic E-state index is 12.2. The van der Waals surface area contributed by atoms with Crippen LogP contribution in [0.4, 0.5) is 10.5 Å². The van der Waals surface area contributed by atoms with Crippen molar-refractivity contribution in [3.63, 3.8) is 0 Å². The molecule has 2 N–H and O–H groups in total. The Morgan fingerprint density at radius 2 is 1.77 bits per heavy atom. The molecular formula is C21H25N3O2. The molecular weight excluding hydrogens is 326 g/mol. The van der Waals surface area contributed by atoms with Crippen LogP contribution in [0.2, 0.25) is 0 Å². The number of anilines is 1.